The van der Waals surface area contributed by atoms with E-state index >= 15 is 0 Å². The van der Waals surface area contributed by atoms with E-state index in [4.69, 9.17) is 0 Å². The highest BCUT2D eigenvalue weighted by molar-refractivity contribution is 9.13. The zero-order valence-corrected chi connectivity index (χ0v) is 15.3. The third kappa shape index (κ3) is 4.27. The fourth-order valence-electron chi connectivity index (χ4n) is 2.39. The summed E-state index contributed by atoms with van der Waals surface area (Å²) in [5, 5.41) is 15.7. The molecule has 10 heteroatoms. The smallest absolute Gasteiger partial charge is 0.322 e. The predicted octanol–water partition coefficient (Wildman–Crippen LogP) is 2.07. The zero-order valence-electron chi connectivity index (χ0n) is 12.2. The Bertz CT molecular complexity index is 671. The van der Waals surface area contributed by atoms with Gasteiger partial charge >= 0.3 is 6.03 Å². The van der Waals surface area contributed by atoms with Crippen LogP contribution in [-0.4, -0.2) is 62.6 Å². The first-order chi connectivity index (χ1) is 11.1. The van der Waals surface area contributed by atoms with Gasteiger partial charge in [0.2, 0.25) is 0 Å². The van der Waals surface area contributed by atoms with Gasteiger partial charge in [-0.3, -0.25) is 10.2 Å². The summed E-state index contributed by atoms with van der Waals surface area (Å²) in [5.41, 5.74) is 1.24. The first-order valence-corrected chi connectivity index (χ1v) is 8.66. The molecular weight excluding hydrogens is 430 g/mol. The van der Waals surface area contributed by atoms with Crippen molar-refractivity contribution in [3.63, 3.8) is 0 Å². The van der Waals surface area contributed by atoms with Crippen LogP contribution < -0.4 is 5.32 Å². The van der Waals surface area contributed by atoms with Gasteiger partial charge in [-0.05, 0) is 54.8 Å². The Morgan fingerprint density at radius 2 is 2.00 bits per heavy atom. The molecule has 0 spiro atoms. The molecule has 3 rings (SSSR count). The van der Waals surface area contributed by atoms with Gasteiger partial charge in [-0.15, -0.1) is 5.10 Å². The number of hydrogen-bond acceptors (Lipinski definition) is 5. The topological polar surface area (TPSA) is 90.0 Å². The number of benzene rings is 1. The number of halogens is 2. The van der Waals surface area contributed by atoms with Crippen molar-refractivity contribution in [2.75, 3.05) is 31.5 Å². The van der Waals surface area contributed by atoms with Crippen LogP contribution in [0.1, 0.15) is 5.56 Å². The quantitative estimate of drug-likeness (QED) is 0.756. The standard InChI is InChI=1S/C13H15Br2N7O/c14-10-2-1-9(7-11(10)15)8-21-3-5-22(6-4-21)13(23)16-12-17-19-20-18-12/h1-2,7H,3-6,8H2,(H2,16,17,18,19,20,23). The van der Waals surface area contributed by atoms with Crippen molar-refractivity contribution >= 4 is 43.8 Å². The van der Waals surface area contributed by atoms with Crippen LogP contribution in [0.3, 0.4) is 0 Å². The summed E-state index contributed by atoms with van der Waals surface area (Å²) in [6, 6.07) is 6.05. The Hall–Kier alpha value is -1.52. The molecule has 122 valence electrons. The van der Waals surface area contributed by atoms with Crippen molar-refractivity contribution in [2.24, 2.45) is 0 Å². The minimum atomic E-state index is -0.197. The SMILES string of the molecule is O=C(Nc1nn[nH]n1)N1CCN(Cc2ccc(Br)c(Br)c2)CC1. The summed E-state index contributed by atoms with van der Waals surface area (Å²) < 4.78 is 2.09. The second-order valence-electron chi connectivity index (χ2n) is 5.18. The number of carbonyl (C=O) groups is 1. The largest absolute Gasteiger partial charge is 0.324 e. The van der Waals surface area contributed by atoms with Crippen LogP contribution in [0.4, 0.5) is 10.7 Å². The average molecular weight is 445 g/mol. The average Bonchev–Trinajstić information content (AvgIpc) is 3.04. The Balaban J connectivity index is 1.50. The number of hydrogen-bond donors (Lipinski definition) is 2. The van der Waals surface area contributed by atoms with Crippen molar-refractivity contribution in [3.8, 4) is 0 Å². The molecule has 0 radical (unpaired) electrons. The van der Waals surface area contributed by atoms with E-state index in [1.165, 1.54) is 5.56 Å². The van der Waals surface area contributed by atoms with Gasteiger partial charge in [-0.25, -0.2) is 4.79 Å². The van der Waals surface area contributed by atoms with Crippen molar-refractivity contribution in [3.05, 3.63) is 32.7 Å². The van der Waals surface area contributed by atoms with Gasteiger partial charge in [-0.2, -0.15) is 5.21 Å². The Morgan fingerprint density at radius 1 is 1.22 bits per heavy atom. The lowest BCUT2D eigenvalue weighted by atomic mass is 10.2. The summed E-state index contributed by atoms with van der Waals surface area (Å²) >= 11 is 7.00. The van der Waals surface area contributed by atoms with Crippen LogP contribution in [0, 0.1) is 0 Å². The van der Waals surface area contributed by atoms with Crippen molar-refractivity contribution in [2.45, 2.75) is 6.54 Å². The van der Waals surface area contributed by atoms with E-state index in [1.54, 1.807) is 4.90 Å². The molecule has 2 N–H and O–H groups in total. The molecule has 2 amide bonds. The molecular formula is C13H15Br2N7O. The Labute approximate surface area is 149 Å². The number of amides is 2. The maximum atomic E-state index is 12.1. The van der Waals surface area contributed by atoms with E-state index in [9.17, 15) is 4.79 Å². The minimum Gasteiger partial charge on any atom is -0.322 e. The molecule has 1 aromatic heterocycles. The second kappa shape index (κ2) is 7.37. The highest BCUT2D eigenvalue weighted by atomic mass is 79.9. The van der Waals surface area contributed by atoms with Crippen LogP contribution in [0.2, 0.25) is 0 Å². The first-order valence-electron chi connectivity index (χ1n) is 7.07. The third-order valence-electron chi connectivity index (χ3n) is 3.61. The van der Waals surface area contributed by atoms with E-state index in [0.717, 1.165) is 28.6 Å². The Morgan fingerprint density at radius 3 is 2.65 bits per heavy atom. The van der Waals surface area contributed by atoms with Gasteiger partial charge in [-0.1, -0.05) is 11.2 Å². The molecule has 1 fully saturated rings. The lowest BCUT2D eigenvalue weighted by Crippen LogP contribution is -2.49. The summed E-state index contributed by atoms with van der Waals surface area (Å²) in [7, 11) is 0. The van der Waals surface area contributed by atoms with Crippen LogP contribution in [-0.2, 0) is 6.54 Å². The predicted molar refractivity (Wildman–Crippen MR) is 91.9 cm³/mol. The van der Waals surface area contributed by atoms with Crippen LogP contribution in [0.5, 0.6) is 0 Å². The Kier molecular flexibility index (Phi) is 5.23. The van der Waals surface area contributed by atoms with E-state index < -0.39 is 0 Å². The summed E-state index contributed by atoms with van der Waals surface area (Å²) in [6.07, 6.45) is 0. The van der Waals surface area contributed by atoms with Gasteiger partial charge in [0.25, 0.3) is 5.95 Å². The fraction of sp³-hybridized carbons (Fsp3) is 0.385. The number of anilines is 1. The van der Waals surface area contributed by atoms with Crippen LogP contribution in [0.25, 0.3) is 0 Å². The lowest BCUT2D eigenvalue weighted by Gasteiger charge is -2.34. The number of rotatable bonds is 3. The number of aromatic nitrogens is 4. The number of nitrogens with zero attached hydrogens (tertiary/aromatic N) is 5. The summed E-state index contributed by atoms with van der Waals surface area (Å²) in [6.45, 7) is 3.86. The molecule has 0 aliphatic carbocycles. The number of aromatic amines is 1. The molecule has 0 bridgehead atoms. The molecule has 1 saturated heterocycles. The number of carbonyl (C=O) groups excluding carboxylic acids is 1. The molecule has 2 heterocycles. The second-order valence-corrected chi connectivity index (χ2v) is 6.89. The normalized spacial score (nSPS) is 15.7. The number of tetrazole rings is 1. The van der Waals surface area contributed by atoms with E-state index in [-0.39, 0.29) is 12.0 Å². The van der Waals surface area contributed by atoms with Gasteiger partial charge in [0.05, 0.1) is 0 Å². The molecule has 0 atom stereocenters. The highest BCUT2D eigenvalue weighted by Gasteiger charge is 2.22. The molecule has 1 aromatic carbocycles. The molecule has 2 aromatic rings. The monoisotopic (exact) mass is 443 g/mol. The number of urea groups is 1. The maximum Gasteiger partial charge on any atom is 0.324 e. The van der Waals surface area contributed by atoms with E-state index in [2.05, 4.69) is 74.8 Å². The van der Waals surface area contributed by atoms with Gasteiger partial charge in [0.1, 0.15) is 0 Å². The van der Waals surface area contributed by atoms with Gasteiger partial charge in [0, 0.05) is 41.7 Å². The maximum absolute atomic E-state index is 12.1. The van der Waals surface area contributed by atoms with Crippen molar-refractivity contribution in [1.82, 2.24) is 30.4 Å². The number of piperazine rings is 1. The third-order valence-corrected chi connectivity index (χ3v) is 5.49. The van der Waals surface area contributed by atoms with Gasteiger partial charge < -0.3 is 4.90 Å². The molecule has 23 heavy (non-hydrogen) atoms. The van der Waals surface area contributed by atoms with Crippen molar-refractivity contribution in [1.29, 1.82) is 0 Å². The molecule has 1 aliphatic rings. The molecule has 0 unspecified atom stereocenters. The van der Waals surface area contributed by atoms with Gasteiger partial charge in [0.15, 0.2) is 0 Å². The number of H-pyrrole nitrogens is 1. The van der Waals surface area contributed by atoms with E-state index in [1.807, 2.05) is 6.07 Å². The molecule has 0 saturated carbocycles. The van der Waals surface area contributed by atoms with Crippen LogP contribution in [0.15, 0.2) is 27.1 Å². The van der Waals surface area contributed by atoms with E-state index in [0.29, 0.717) is 13.1 Å². The summed E-state index contributed by atoms with van der Waals surface area (Å²) in [4.78, 5) is 16.2. The zero-order chi connectivity index (χ0) is 16.2. The lowest BCUT2D eigenvalue weighted by molar-refractivity contribution is 0.143. The van der Waals surface area contributed by atoms with Crippen LogP contribution >= 0.6 is 31.9 Å². The summed E-state index contributed by atoms with van der Waals surface area (Å²) in [5.74, 6) is 0.192. The molecule has 8 nitrogen and oxygen atoms in total. The minimum absolute atomic E-state index is 0.192. The first kappa shape index (κ1) is 16.3. The fourth-order valence-corrected chi connectivity index (χ4v) is 3.07. The van der Waals surface area contributed by atoms with Crippen molar-refractivity contribution < 1.29 is 4.79 Å². The number of nitrogens with one attached hydrogen (secondary N) is 2. The highest BCUT2D eigenvalue weighted by Crippen LogP contribution is 2.24. The molecule has 1 aliphatic heterocycles.